The molecule has 2 amide bonds. The summed E-state index contributed by atoms with van der Waals surface area (Å²) in [5.74, 6) is -1.91. The number of rotatable bonds is 11. The molecule has 0 saturated carbocycles. The first-order valence-electron chi connectivity index (χ1n) is 13.0. The van der Waals surface area contributed by atoms with Crippen LogP contribution in [0.25, 0.3) is 0 Å². The van der Waals surface area contributed by atoms with Crippen molar-refractivity contribution in [2.45, 2.75) is 23.9 Å². The topological polar surface area (TPSA) is 86.8 Å². The van der Waals surface area contributed by atoms with Crippen LogP contribution in [-0.4, -0.2) is 44.8 Å². The molecular formula is C31H27Cl3FN3O4S. The lowest BCUT2D eigenvalue weighted by atomic mass is 10.0. The molecule has 4 aromatic rings. The second-order valence-electron chi connectivity index (χ2n) is 9.51. The minimum Gasteiger partial charge on any atom is -0.357 e. The van der Waals surface area contributed by atoms with Crippen LogP contribution in [0.15, 0.2) is 102 Å². The number of hydrogen-bond acceptors (Lipinski definition) is 4. The number of amides is 2. The predicted molar refractivity (Wildman–Crippen MR) is 167 cm³/mol. The number of hydrogen-bond donors (Lipinski definition) is 1. The van der Waals surface area contributed by atoms with E-state index in [9.17, 15) is 22.4 Å². The Morgan fingerprint density at radius 3 is 2.07 bits per heavy atom. The number of anilines is 1. The molecule has 1 atom stereocenters. The van der Waals surface area contributed by atoms with Crippen LogP contribution in [0.1, 0.15) is 11.1 Å². The normalized spacial score (nSPS) is 11.9. The minimum absolute atomic E-state index is 0.0300. The van der Waals surface area contributed by atoms with Crippen LogP contribution in [0.3, 0.4) is 0 Å². The summed E-state index contributed by atoms with van der Waals surface area (Å²) < 4.78 is 42.7. The Bertz CT molecular complexity index is 1710. The van der Waals surface area contributed by atoms with E-state index in [2.05, 4.69) is 5.32 Å². The number of benzene rings is 4. The van der Waals surface area contributed by atoms with E-state index >= 15 is 0 Å². The molecule has 43 heavy (non-hydrogen) atoms. The molecule has 1 N–H and O–H groups in total. The van der Waals surface area contributed by atoms with Gasteiger partial charge in [-0.15, -0.1) is 0 Å². The maximum Gasteiger partial charge on any atom is 0.264 e. The Balaban J connectivity index is 1.81. The molecule has 0 aliphatic heterocycles. The molecule has 4 rings (SSSR count). The van der Waals surface area contributed by atoms with Crippen LogP contribution in [0.5, 0.6) is 0 Å². The van der Waals surface area contributed by atoms with Gasteiger partial charge in [0, 0.05) is 20.0 Å². The van der Waals surface area contributed by atoms with Crippen molar-refractivity contribution in [2.24, 2.45) is 0 Å². The summed E-state index contributed by atoms with van der Waals surface area (Å²) in [5, 5.41) is 2.85. The molecule has 0 fully saturated rings. The Morgan fingerprint density at radius 2 is 1.47 bits per heavy atom. The van der Waals surface area contributed by atoms with Crippen molar-refractivity contribution in [1.29, 1.82) is 0 Å². The standard InChI is InChI=1S/C31H27Cl3FN3O4S/c1-36-31(40)29(17-21-8-4-2-5-9-21)37(19-22-12-14-25(32)26(33)16-22)30(39)20-38(23-13-15-28(35)27(34)18-23)43(41,42)24-10-6-3-7-11-24/h2-16,18,29H,17,19-20H2,1H3,(H,36,40)/t29-/m0/s1. The maximum absolute atomic E-state index is 14.2. The van der Waals surface area contributed by atoms with E-state index in [1.54, 1.807) is 36.4 Å². The Labute approximate surface area is 264 Å². The Hall–Kier alpha value is -3.63. The molecule has 0 saturated heterocycles. The quantitative estimate of drug-likeness (QED) is 0.202. The van der Waals surface area contributed by atoms with E-state index in [0.717, 1.165) is 22.0 Å². The van der Waals surface area contributed by atoms with Crippen LogP contribution < -0.4 is 9.62 Å². The highest BCUT2D eigenvalue weighted by Crippen LogP contribution is 2.29. The molecule has 7 nitrogen and oxygen atoms in total. The molecule has 4 aromatic carbocycles. The summed E-state index contributed by atoms with van der Waals surface area (Å²) in [6, 6.07) is 23.8. The van der Waals surface area contributed by atoms with E-state index in [1.165, 1.54) is 30.1 Å². The third kappa shape index (κ3) is 7.86. The highest BCUT2D eigenvalue weighted by Gasteiger charge is 2.34. The number of likely N-dealkylation sites (N-methyl/N-ethyl adjacent to an activating group) is 1. The van der Waals surface area contributed by atoms with Crippen molar-refractivity contribution in [3.8, 4) is 0 Å². The molecule has 0 spiro atoms. The lowest BCUT2D eigenvalue weighted by molar-refractivity contribution is -0.139. The molecule has 0 radical (unpaired) electrons. The average Bonchev–Trinajstić information content (AvgIpc) is 3.01. The van der Waals surface area contributed by atoms with E-state index in [4.69, 9.17) is 34.8 Å². The Kier molecular flexibility index (Phi) is 10.7. The van der Waals surface area contributed by atoms with Gasteiger partial charge in [0.25, 0.3) is 10.0 Å². The fraction of sp³-hybridized carbons (Fsp3) is 0.161. The number of carbonyl (C=O) groups excluding carboxylic acids is 2. The van der Waals surface area contributed by atoms with Gasteiger partial charge in [0.1, 0.15) is 18.4 Å². The first-order chi connectivity index (χ1) is 20.5. The molecule has 0 aromatic heterocycles. The summed E-state index contributed by atoms with van der Waals surface area (Å²) in [6.07, 6.45) is 0.140. The number of sulfonamides is 1. The first-order valence-corrected chi connectivity index (χ1v) is 15.6. The molecule has 224 valence electrons. The fourth-order valence-electron chi connectivity index (χ4n) is 4.44. The molecule has 0 aliphatic carbocycles. The number of carbonyl (C=O) groups is 2. The van der Waals surface area contributed by atoms with Gasteiger partial charge in [-0.25, -0.2) is 12.8 Å². The Morgan fingerprint density at radius 1 is 0.814 bits per heavy atom. The van der Waals surface area contributed by atoms with Crippen LogP contribution in [0, 0.1) is 5.82 Å². The molecule has 0 bridgehead atoms. The average molecular weight is 663 g/mol. The fourth-order valence-corrected chi connectivity index (χ4v) is 6.37. The van der Waals surface area contributed by atoms with Gasteiger partial charge in [0.2, 0.25) is 11.8 Å². The van der Waals surface area contributed by atoms with E-state index < -0.39 is 40.2 Å². The second-order valence-corrected chi connectivity index (χ2v) is 12.6. The maximum atomic E-state index is 14.2. The first kappa shape index (κ1) is 32.3. The van der Waals surface area contributed by atoms with Crippen molar-refractivity contribution in [1.82, 2.24) is 10.2 Å². The highest BCUT2D eigenvalue weighted by molar-refractivity contribution is 7.92. The number of nitrogens with zero attached hydrogens (tertiary/aromatic N) is 2. The molecular weight excluding hydrogens is 636 g/mol. The minimum atomic E-state index is -4.34. The lowest BCUT2D eigenvalue weighted by Gasteiger charge is -2.33. The summed E-state index contributed by atoms with van der Waals surface area (Å²) >= 11 is 18.4. The summed E-state index contributed by atoms with van der Waals surface area (Å²) in [7, 11) is -2.89. The molecule has 12 heteroatoms. The SMILES string of the molecule is CNC(=O)[C@H](Cc1ccccc1)N(Cc1ccc(Cl)c(Cl)c1)C(=O)CN(c1ccc(F)c(Cl)c1)S(=O)(=O)c1ccccc1. The third-order valence-electron chi connectivity index (χ3n) is 6.66. The van der Waals surface area contributed by atoms with Crippen molar-refractivity contribution < 1.29 is 22.4 Å². The molecule has 0 aliphatic rings. The zero-order valence-electron chi connectivity index (χ0n) is 22.9. The van der Waals surface area contributed by atoms with Gasteiger partial charge in [0.15, 0.2) is 0 Å². The summed E-state index contributed by atoms with van der Waals surface area (Å²) in [4.78, 5) is 28.7. The van der Waals surface area contributed by atoms with Crippen molar-refractivity contribution in [3.05, 3.63) is 129 Å². The zero-order chi connectivity index (χ0) is 31.1. The van der Waals surface area contributed by atoms with Crippen LogP contribution in [0.2, 0.25) is 15.1 Å². The third-order valence-corrected chi connectivity index (χ3v) is 9.47. The summed E-state index contributed by atoms with van der Waals surface area (Å²) in [6.45, 7) is -0.813. The largest absolute Gasteiger partial charge is 0.357 e. The van der Waals surface area contributed by atoms with Gasteiger partial charge in [-0.1, -0.05) is 89.4 Å². The number of halogens is 4. The van der Waals surface area contributed by atoms with Gasteiger partial charge in [-0.3, -0.25) is 13.9 Å². The summed E-state index contributed by atoms with van der Waals surface area (Å²) in [5.41, 5.74) is 1.31. The van der Waals surface area contributed by atoms with E-state index in [1.807, 2.05) is 30.3 Å². The van der Waals surface area contributed by atoms with Crippen molar-refractivity contribution in [2.75, 3.05) is 17.9 Å². The van der Waals surface area contributed by atoms with Gasteiger partial charge < -0.3 is 10.2 Å². The van der Waals surface area contributed by atoms with Gasteiger partial charge in [-0.05, 0) is 53.6 Å². The highest BCUT2D eigenvalue weighted by atomic mass is 35.5. The number of nitrogens with one attached hydrogen (secondary N) is 1. The van der Waals surface area contributed by atoms with Crippen LogP contribution in [0.4, 0.5) is 10.1 Å². The van der Waals surface area contributed by atoms with Crippen LogP contribution >= 0.6 is 34.8 Å². The van der Waals surface area contributed by atoms with Gasteiger partial charge in [-0.2, -0.15) is 0 Å². The van der Waals surface area contributed by atoms with Crippen molar-refractivity contribution >= 4 is 62.3 Å². The molecule has 0 unspecified atom stereocenters. The smallest absolute Gasteiger partial charge is 0.264 e. The second kappa shape index (κ2) is 14.2. The lowest BCUT2D eigenvalue weighted by Crippen LogP contribution is -2.53. The predicted octanol–water partition coefficient (Wildman–Crippen LogP) is 6.37. The van der Waals surface area contributed by atoms with E-state index in [0.29, 0.717) is 10.6 Å². The molecule has 0 heterocycles. The van der Waals surface area contributed by atoms with Crippen molar-refractivity contribution in [3.63, 3.8) is 0 Å². The van der Waals surface area contributed by atoms with E-state index in [-0.39, 0.29) is 33.6 Å². The van der Waals surface area contributed by atoms with Gasteiger partial charge in [0.05, 0.1) is 25.7 Å². The monoisotopic (exact) mass is 661 g/mol. The van der Waals surface area contributed by atoms with Gasteiger partial charge >= 0.3 is 0 Å². The zero-order valence-corrected chi connectivity index (χ0v) is 26.0. The van der Waals surface area contributed by atoms with Crippen LogP contribution in [-0.2, 0) is 32.6 Å².